The van der Waals surface area contributed by atoms with Crippen molar-refractivity contribution in [3.63, 3.8) is 0 Å². The van der Waals surface area contributed by atoms with E-state index in [2.05, 4.69) is 9.97 Å². The number of hydrogen-bond acceptors (Lipinski definition) is 5. The fourth-order valence-corrected chi connectivity index (χ4v) is 2.30. The number of amides is 1. The van der Waals surface area contributed by atoms with Crippen molar-refractivity contribution in [2.24, 2.45) is 0 Å². The summed E-state index contributed by atoms with van der Waals surface area (Å²) in [6.45, 7) is 9.52. The average molecular weight is 313 g/mol. The molecule has 6 nitrogen and oxygen atoms in total. The van der Waals surface area contributed by atoms with Crippen LogP contribution in [0.2, 0.25) is 5.02 Å². The molecule has 0 aromatic carbocycles. The molecule has 0 spiro atoms. The molecule has 1 fully saturated rings. The SMILES string of the molecule is C[C@@H]1CN(c2ncc(Cl)cn2)CCN1C(=O)OC(C)(C)C. The molecule has 1 aromatic rings. The van der Waals surface area contributed by atoms with Gasteiger partial charge in [-0.15, -0.1) is 0 Å². The molecule has 1 aliphatic heterocycles. The third-order valence-electron chi connectivity index (χ3n) is 3.15. The van der Waals surface area contributed by atoms with Crippen molar-refractivity contribution in [1.29, 1.82) is 0 Å². The van der Waals surface area contributed by atoms with Gasteiger partial charge in [0.15, 0.2) is 0 Å². The number of rotatable bonds is 1. The first-order chi connectivity index (χ1) is 9.76. The minimum Gasteiger partial charge on any atom is -0.444 e. The van der Waals surface area contributed by atoms with Crippen LogP contribution < -0.4 is 4.90 Å². The van der Waals surface area contributed by atoms with Crippen LogP contribution in [0.15, 0.2) is 12.4 Å². The first kappa shape index (κ1) is 15.8. The highest BCUT2D eigenvalue weighted by atomic mass is 35.5. The van der Waals surface area contributed by atoms with Gasteiger partial charge in [-0.25, -0.2) is 14.8 Å². The van der Waals surface area contributed by atoms with Crippen LogP contribution in [0, 0.1) is 0 Å². The lowest BCUT2D eigenvalue weighted by molar-refractivity contribution is 0.0158. The molecule has 0 N–H and O–H groups in total. The lowest BCUT2D eigenvalue weighted by Crippen LogP contribution is -2.55. The van der Waals surface area contributed by atoms with Gasteiger partial charge < -0.3 is 14.5 Å². The fraction of sp³-hybridized carbons (Fsp3) is 0.643. The van der Waals surface area contributed by atoms with Gasteiger partial charge in [0.1, 0.15) is 5.60 Å². The Morgan fingerprint density at radius 2 is 1.95 bits per heavy atom. The lowest BCUT2D eigenvalue weighted by atomic mass is 10.2. The summed E-state index contributed by atoms with van der Waals surface area (Å²) in [6.07, 6.45) is 2.88. The summed E-state index contributed by atoms with van der Waals surface area (Å²) in [7, 11) is 0. The van der Waals surface area contributed by atoms with Crippen LogP contribution in [-0.2, 0) is 4.74 Å². The van der Waals surface area contributed by atoms with E-state index in [-0.39, 0.29) is 12.1 Å². The number of aromatic nitrogens is 2. The summed E-state index contributed by atoms with van der Waals surface area (Å²) < 4.78 is 5.42. The van der Waals surface area contributed by atoms with Crippen molar-refractivity contribution in [1.82, 2.24) is 14.9 Å². The maximum atomic E-state index is 12.1. The lowest BCUT2D eigenvalue weighted by Gasteiger charge is -2.40. The maximum absolute atomic E-state index is 12.1. The van der Waals surface area contributed by atoms with Crippen LogP contribution in [-0.4, -0.2) is 52.2 Å². The highest BCUT2D eigenvalue weighted by Gasteiger charge is 2.31. The Morgan fingerprint density at radius 1 is 1.33 bits per heavy atom. The summed E-state index contributed by atoms with van der Waals surface area (Å²) in [5.41, 5.74) is -0.479. The molecule has 2 rings (SSSR count). The molecule has 0 aliphatic carbocycles. The van der Waals surface area contributed by atoms with E-state index in [9.17, 15) is 4.79 Å². The van der Waals surface area contributed by atoms with Gasteiger partial charge in [0.2, 0.25) is 5.95 Å². The molecule has 7 heteroatoms. The van der Waals surface area contributed by atoms with E-state index in [0.717, 1.165) is 0 Å². The number of ether oxygens (including phenoxy) is 1. The van der Waals surface area contributed by atoms with Crippen molar-refractivity contribution >= 4 is 23.6 Å². The molecule has 0 bridgehead atoms. The minimum absolute atomic E-state index is 0.0351. The number of piperazine rings is 1. The normalized spacial score (nSPS) is 19.6. The van der Waals surface area contributed by atoms with Crippen LogP contribution in [0.3, 0.4) is 0 Å². The summed E-state index contributed by atoms with van der Waals surface area (Å²) in [4.78, 5) is 24.4. The molecule has 1 aromatic heterocycles. The van der Waals surface area contributed by atoms with Crippen LogP contribution >= 0.6 is 11.6 Å². The molecule has 21 heavy (non-hydrogen) atoms. The predicted octanol–water partition coefficient (Wildman–Crippen LogP) is 2.58. The number of carbonyl (C=O) groups excluding carboxylic acids is 1. The summed E-state index contributed by atoms with van der Waals surface area (Å²) in [5, 5.41) is 0.513. The van der Waals surface area contributed by atoms with Gasteiger partial charge in [0, 0.05) is 25.7 Å². The Hall–Kier alpha value is -1.56. The Morgan fingerprint density at radius 3 is 2.48 bits per heavy atom. The molecule has 1 aliphatic rings. The van der Waals surface area contributed by atoms with Crippen LogP contribution in [0.5, 0.6) is 0 Å². The van der Waals surface area contributed by atoms with Crippen molar-refractivity contribution in [2.75, 3.05) is 24.5 Å². The fourth-order valence-electron chi connectivity index (χ4n) is 2.20. The minimum atomic E-state index is -0.479. The van der Waals surface area contributed by atoms with Gasteiger partial charge in [-0.3, -0.25) is 0 Å². The van der Waals surface area contributed by atoms with E-state index in [0.29, 0.717) is 30.6 Å². The maximum Gasteiger partial charge on any atom is 0.410 e. The van der Waals surface area contributed by atoms with Crippen molar-refractivity contribution < 1.29 is 9.53 Å². The highest BCUT2D eigenvalue weighted by Crippen LogP contribution is 2.18. The molecule has 1 saturated heterocycles. The third-order valence-corrected chi connectivity index (χ3v) is 3.34. The molecular weight excluding hydrogens is 292 g/mol. The monoisotopic (exact) mass is 312 g/mol. The number of halogens is 1. The zero-order valence-corrected chi connectivity index (χ0v) is 13.6. The van der Waals surface area contributed by atoms with E-state index in [1.54, 1.807) is 17.3 Å². The average Bonchev–Trinajstić information content (AvgIpc) is 2.37. The van der Waals surface area contributed by atoms with Gasteiger partial charge in [-0.05, 0) is 27.7 Å². The summed E-state index contributed by atoms with van der Waals surface area (Å²) >= 11 is 5.79. The number of hydrogen-bond donors (Lipinski definition) is 0. The van der Waals surface area contributed by atoms with Crippen LogP contribution in [0.25, 0.3) is 0 Å². The molecule has 0 saturated carbocycles. The quantitative estimate of drug-likeness (QED) is 0.797. The Labute approximate surface area is 130 Å². The summed E-state index contributed by atoms with van der Waals surface area (Å²) in [5.74, 6) is 0.634. The molecule has 0 radical (unpaired) electrons. The highest BCUT2D eigenvalue weighted by molar-refractivity contribution is 6.30. The number of anilines is 1. The van der Waals surface area contributed by atoms with Crippen LogP contribution in [0.1, 0.15) is 27.7 Å². The van der Waals surface area contributed by atoms with E-state index in [1.165, 1.54) is 0 Å². The Balaban J connectivity index is 1.99. The Kier molecular flexibility index (Phi) is 4.56. The van der Waals surface area contributed by atoms with E-state index in [4.69, 9.17) is 16.3 Å². The zero-order valence-electron chi connectivity index (χ0n) is 12.8. The van der Waals surface area contributed by atoms with Gasteiger partial charge in [0.25, 0.3) is 0 Å². The third kappa shape index (κ3) is 4.20. The molecule has 1 amide bonds. The number of carbonyl (C=O) groups is 1. The molecule has 2 heterocycles. The van der Waals surface area contributed by atoms with Gasteiger partial charge in [-0.1, -0.05) is 11.6 Å². The topological polar surface area (TPSA) is 58.6 Å². The smallest absolute Gasteiger partial charge is 0.410 e. The molecule has 1 atom stereocenters. The van der Waals surface area contributed by atoms with E-state index in [1.807, 2.05) is 32.6 Å². The van der Waals surface area contributed by atoms with Gasteiger partial charge in [0.05, 0.1) is 17.4 Å². The second kappa shape index (κ2) is 6.05. The predicted molar refractivity (Wildman–Crippen MR) is 81.7 cm³/mol. The van der Waals surface area contributed by atoms with Crippen LogP contribution in [0.4, 0.5) is 10.7 Å². The first-order valence-electron chi connectivity index (χ1n) is 6.98. The van der Waals surface area contributed by atoms with E-state index < -0.39 is 5.60 Å². The zero-order chi connectivity index (χ0) is 15.6. The second-order valence-electron chi connectivity index (χ2n) is 6.17. The summed E-state index contributed by atoms with van der Waals surface area (Å²) in [6, 6.07) is 0.0351. The first-order valence-corrected chi connectivity index (χ1v) is 7.36. The second-order valence-corrected chi connectivity index (χ2v) is 6.61. The van der Waals surface area contributed by atoms with Crippen molar-refractivity contribution in [2.45, 2.75) is 39.3 Å². The van der Waals surface area contributed by atoms with Gasteiger partial charge in [-0.2, -0.15) is 0 Å². The largest absolute Gasteiger partial charge is 0.444 e. The number of nitrogens with zero attached hydrogens (tertiary/aromatic N) is 4. The van der Waals surface area contributed by atoms with Crippen molar-refractivity contribution in [3.8, 4) is 0 Å². The van der Waals surface area contributed by atoms with Gasteiger partial charge >= 0.3 is 6.09 Å². The Bertz CT molecular complexity index is 501. The molecule has 116 valence electrons. The van der Waals surface area contributed by atoms with E-state index >= 15 is 0 Å². The van der Waals surface area contributed by atoms with Crippen molar-refractivity contribution in [3.05, 3.63) is 17.4 Å². The standard InChI is InChI=1S/C14H21ClN4O2/c1-10-9-18(12-16-7-11(15)8-17-12)5-6-19(10)13(20)21-14(2,3)4/h7-8,10H,5-6,9H2,1-4H3/t10-/m1/s1. The molecular formula is C14H21ClN4O2. The molecule has 0 unspecified atom stereocenters.